The molecule has 0 radical (unpaired) electrons. The normalized spacial score (nSPS) is 11.0. The first kappa shape index (κ1) is 13.6. The van der Waals surface area contributed by atoms with Gasteiger partial charge in [-0.05, 0) is 18.2 Å². The van der Waals surface area contributed by atoms with Crippen LogP contribution in [-0.2, 0) is 0 Å². The molecule has 0 aromatic heterocycles. The number of nitrogens with zero attached hydrogens (tertiary/aromatic N) is 2. The first-order chi connectivity index (χ1) is 10.0. The smallest absolute Gasteiger partial charge is 0.207 e. The second-order valence-electron chi connectivity index (χ2n) is 4.96. The molecule has 1 aliphatic carbocycles. The van der Waals surface area contributed by atoms with Gasteiger partial charge in [0.1, 0.15) is 5.69 Å². The van der Waals surface area contributed by atoms with E-state index in [9.17, 15) is 9.90 Å². The summed E-state index contributed by atoms with van der Waals surface area (Å²) in [5.74, 6) is 0.164. The number of hydrogen-bond donors (Lipinski definition) is 2. The largest absolute Gasteiger partial charge is 0.504 e. The molecule has 5 nitrogen and oxygen atoms in total. The van der Waals surface area contributed by atoms with Crippen LogP contribution in [0.25, 0.3) is 20.8 Å². The summed E-state index contributed by atoms with van der Waals surface area (Å²) in [7, 11) is 5.52. The van der Waals surface area contributed by atoms with E-state index >= 15 is 0 Å². The zero-order valence-electron chi connectivity index (χ0n) is 12.0. The summed E-state index contributed by atoms with van der Waals surface area (Å²) in [5.41, 5.74) is 2.43. The number of rotatable bonds is 2. The molecule has 1 aliphatic heterocycles. The van der Waals surface area contributed by atoms with Crippen molar-refractivity contribution in [2.75, 3.05) is 31.4 Å². The van der Waals surface area contributed by atoms with Gasteiger partial charge in [-0.3, -0.25) is 4.79 Å². The third-order valence-electron chi connectivity index (χ3n) is 3.37. The van der Waals surface area contributed by atoms with Crippen LogP contribution < -0.4 is 15.6 Å². The van der Waals surface area contributed by atoms with Crippen LogP contribution >= 0.6 is 11.3 Å². The second kappa shape index (κ2) is 4.89. The quantitative estimate of drug-likeness (QED) is 0.562. The summed E-state index contributed by atoms with van der Waals surface area (Å²) in [4.78, 5) is 19.2. The summed E-state index contributed by atoms with van der Waals surface area (Å²) in [6.45, 7) is 0. The zero-order valence-corrected chi connectivity index (χ0v) is 12.8. The molecule has 1 aromatic carbocycles. The van der Waals surface area contributed by atoms with Gasteiger partial charge in [0.15, 0.2) is 5.75 Å². The monoisotopic (exact) mass is 301 g/mol. The highest BCUT2D eigenvalue weighted by molar-refractivity contribution is 7.21. The van der Waals surface area contributed by atoms with Crippen LogP contribution in [0.5, 0.6) is 5.75 Å². The molecular formula is C15H15N3O2S. The van der Waals surface area contributed by atoms with Crippen LogP contribution in [0.2, 0.25) is 0 Å². The van der Waals surface area contributed by atoms with Crippen molar-refractivity contribution in [2.45, 2.75) is 0 Å². The van der Waals surface area contributed by atoms with Gasteiger partial charge in [-0.2, -0.15) is 0 Å². The SMILES string of the molecule is CNc1ccc2nc3c(=O)cc(N(C)C)cc-3sc2c1O. The maximum Gasteiger partial charge on any atom is 0.207 e. The molecule has 0 spiro atoms. The van der Waals surface area contributed by atoms with Crippen molar-refractivity contribution in [3.8, 4) is 16.3 Å². The van der Waals surface area contributed by atoms with Crippen LogP contribution in [0, 0.1) is 0 Å². The van der Waals surface area contributed by atoms with Crippen LogP contribution in [0.15, 0.2) is 29.1 Å². The molecule has 0 unspecified atom stereocenters. The third kappa shape index (κ3) is 2.17. The Morgan fingerprint density at radius 1 is 1.29 bits per heavy atom. The molecule has 1 heterocycles. The molecule has 0 atom stereocenters. The van der Waals surface area contributed by atoms with E-state index in [4.69, 9.17) is 0 Å². The fourth-order valence-electron chi connectivity index (χ4n) is 2.20. The van der Waals surface area contributed by atoms with Crippen molar-refractivity contribution < 1.29 is 5.11 Å². The predicted molar refractivity (Wildman–Crippen MR) is 88.1 cm³/mol. The summed E-state index contributed by atoms with van der Waals surface area (Å²) in [6.07, 6.45) is 0. The Morgan fingerprint density at radius 3 is 2.71 bits per heavy atom. The van der Waals surface area contributed by atoms with Gasteiger partial charge < -0.3 is 15.3 Å². The molecule has 0 fully saturated rings. The van der Waals surface area contributed by atoms with E-state index < -0.39 is 0 Å². The van der Waals surface area contributed by atoms with Gasteiger partial charge in [0, 0.05) is 32.9 Å². The molecule has 1 aromatic rings. The minimum atomic E-state index is -0.105. The minimum absolute atomic E-state index is 0.105. The highest BCUT2D eigenvalue weighted by atomic mass is 32.1. The fourth-order valence-corrected chi connectivity index (χ4v) is 3.26. The van der Waals surface area contributed by atoms with Crippen LogP contribution in [-0.4, -0.2) is 31.2 Å². The summed E-state index contributed by atoms with van der Waals surface area (Å²) >= 11 is 1.37. The van der Waals surface area contributed by atoms with Gasteiger partial charge in [0.25, 0.3) is 0 Å². The Bertz CT molecular complexity index is 858. The van der Waals surface area contributed by atoms with Gasteiger partial charge in [0.2, 0.25) is 5.43 Å². The average molecular weight is 301 g/mol. The number of phenolic OH excluding ortho intramolecular Hbond substituents is 1. The lowest BCUT2D eigenvalue weighted by Crippen LogP contribution is -2.14. The van der Waals surface area contributed by atoms with Crippen LogP contribution in [0.3, 0.4) is 0 Å². The molecule has 6 heteroatoms. The molecule has 0 saturated carbocycles. The van der Waals surface area contributed by atoms with E-state index in [1.54, 1.807) is 25.2 Å². The second-order valence-corrected chi connectivity index (χ2v) is 6.01. The highest BCUT2D eigenvalue weighted by Crippen LogP contribution is 2.39. The highest BCUT2D eigenvalue weighted by Gasteiger charge is 2.16. The summed E-state index contributed by atoms with van der Waals surface area (Å²) < 4.78 is 0.671. The summed E-state index contributed by atoms with van der Waals surface area (Å²) in [5, 5.41) is 13.2. The standard InChI is InChI=1S/C15H15N3O2S/c1-16-9-4-5-10-15(14(9)20)21-12-7-8(18(2)3)6-11(19)13(12)17-10/h4-7,16,20H,1-3H3. The first-order valence-corrected chi connectivity index (χ1v) is 7.28. The molecule has 0 bridgehead atoms. The Balaban J connectivity index is 2.39. The van der Waals surface area contributed by atoms with Crippen molar-refractivity contribution in [1.82, 2.24) is 4.98 Å². The van der Waals surface area contributed by atoms with E-state index in [1.165, 1.54) is 11.3 Å². The van der Waals surface area contributed by atoms with E-state index in [1.807, 2.05) is 25.1 Å². The van der Waals surface area contributed by atoms with Gasteiger partial charge in [-0.1, -0.05) is 0 Å². The number of hydrogen-bond acceptors (Lipinski definition) is 6. The molecular weight excluding hydrogens is 286 g/mol. The van der Waals surface area contributed by atoms with E-state index in [2.05, 4.69) is 10.3 Å². The Labute approximate surface area is 125 Å². The van der Waals surface area contributed by atoms with Gasteiger partial charge in [-0.25, -0.2) is 4.98 Å². The Kier molecular flexibility index (Phi) is 3.17. The van der Waals surface area contributed by atoms with Crippen molar-refractivity contribution in [2.24, 2.45) is 0 Å². The lowest BCUT2D eigenvalue weighted by Gasteiger charge is -2.15. The van der Waals surface area contributed by atoms with Crippen LogP contribution in [0.4, 0.5) is 11.4 Å². The maximum absolute atomic E-state index is 12.2. The number of benzene rings is 2. The van der Waals surface area contributed by atoms with Crippen molar-refractivity contribution >= 4 is 32.9 Å². The fraction of sp³-hybridized carbons (Fsp3) is 0.200. The molecule has 2 N–H and O–H groups in total. The molecule has 108 valence electrons. The third-order valence-corrected chi connectivity index (χ3v) is 4.50. The summed E-state index contributed by atoms with van der Waals surface area (Å²) in [6, 6.07) is 7.05. The number of anilines is 2. The van der Waals surface area contributed by atoms with Gasteiger partial charge >= 0.3 is 0 Å². The van der Waals surface area contributed by atoms with Crippen molar-refractivity contribution in [3.63, 3.8) is 0 Å². The number of aromatic nitrogens is 1. The van der Waals surface area contributed by atoms with E-state index in [-0.39, 0.29) is 11.2 Å². The maximum atomic E-state index is 12.2. The number of nitrogens with one attached hydrogen (secondary N) is 1. The molecule has 2 aliphatic rings. The first-order valence-electron chi connectivity index (χ1n) is 6.47. The molecule has 0 saturated heterocycles. The number of phenols is 1. The number of aromatic hydroxyl groups is 1. The molecule has 3 rings (SSSR count). The molecule has 21 heavy (non-hydrogen) atoms. The zero-order chi connectivity index (χ0) is 15.1. The average Bonchev–Trinajstić information content (AvgIpc) is 2.46. The van der Waals surface area contributed by atoms with Gasteiger partial charge in [0.05, 0.1) is 20.8 Å². The Morgan fingerprint density at radius 2 is 2.05 bits per heavy atom. The minimum Gasteiger partial charge on any atom is -0.504 e. The van der Waals surface area contributed by atoms with Crippen molar-refractivity contribution in [3.05, 3.63) is 34.5 Å². The van der Waals surface area contributed by atoms with Gasteiger partial charge in [-0.15, -0.1) is 11.3 Å². The number of fused-ring (bicyclic) bond motifs is 2. The van der Waals surface area contributed by atoms with E-state index in [0.29, 0.717) is 21.6 Å². The molecule has 0 amide bonds. The Hall–Kier alpha value is -2.34. The topological polar surface area (TPSA) is 65.5 Å². The lowest BCUT2D eigenvalue weighted by atomic mass is 10.2. The van der Waals surface area contributed by atoms with Crippen molar-refractivity contribution in [1.29, 1.82) is 0 Å². The lowest BCUT2D eigenvalue weighted by molar-refractivity contribution is 0.484. The predicted octanol–water partition coefficient (Wildman–Crippen LogP) is 2.57. The van der Waals surface area contributed by atoms with Crippen LogP contribution in [0.1, 0.15) is 0 Å². The van der Waals surface area contributed by atoms with E-state index in [0.717, 1.165) is 10.6 Å².